The number of aryl methyl sites for hydroxylation is 1. The van der Waals surface area contributed by atoms with Crippen LogP contribution in [0.2, 0.25) is 0 Å². The maximum Gasteiger partial charge on any atom is 0.223 e. The molecule has 0 spiro atoms. The molecule has 94 valence electrons. The van der Waals surface area contributed by atoms with E-state index in [4.69, 9.17) is 4.74 Å². The van der Waals surface area contributed by atoms with Crippen molar-refractivity contribution in [3.05, 3.63) is 46.3 Å². The molecule has 4 heteroatoms. The summed E-state index contributed by atoms with van der Waals surface area (Å²) in [6, 6.07) is 9.82. The number of benzene rings is 1. The summed E-state index contributed by atoms with van der Waals surface area (Å²) in [5.74, 6) is 2.53. The molecular weight excluding hydrogens is 292 g/mol. The van der Waals surface area contributed by atoms with Crippen LogP contribution in [0.5, 0.6) is 11.6 Å². The molecule has 1 heterocycles. The van der Waals surface area contributed by atoms with Crippen LogP contribution in [0.3, 0.4) is 0 Å². The SMILES string of the molecule is Cc1nc(Br)cc(Oc2ccc(C(C)C)cc2)n1. The molecule has 0 aliphatic heterocycles. The van der Waals surface area contributed by atoms with Gasteiger partial charge in [0.15, 0.2) is 0 Å². The van der Waals surface area contributed by atoms with E-state index in [1.165, 1.54) is 5.56 Å². The van der Waals surface area contributed by atoms with E-state index < -0.39 is 0 Å². The highest BCUT2D eigenvalue weighted by Gasteiger charge is 2.04. The van der Waals surface area contributed by atoms with Crippen molar-refractivity contribution >= 4 is 15.9 Å². The first-order chi connectivity index (χ1) is 8.54. The second-order valence-electron chi connectivity index (χ2n) is 4.40. The fraction of sp³-hybridized carbons (Fsp3) is 0.286. The molecule has 3 nitrogen and oxygen atoms in total. The normalized spacial score (nSPS) is 10.7. The van der Waals surface area contributed by atoms with Crippen molar-refractivity contribution in [2.24, 2.45) is 0 Å². The number of aromatic nitrogens is 2. The number of hydrogen-bond acceptors (Lipinski definition) is 3. The van der Waals surface area contributed by atoms with Crippen molar-refractivity contribution in [2.75, 3.05) is 0 Å². The van der Waals surface area contributed by atoms with Gasteiger partial charge in [-0.1, -0.05) is 26.0 Å². The summed E-state index contributed by atoms with van der Waals surface area (Å²) in [5.41, 5.74) is 1.29. The van der Waals surface area contributed by atoms with Gasteiger partial charge in [-0.25, -0.2) is 4.98 Å². The lowest BCUT2D eigenvalue weighted by Crippen LogP contribution is -1.94. The standard InChI is InChI=1S/C14H15BrN2O/c1-9(2)11-4-6-12(7-5-11)18-14-8-13(15)16-10(3)17-14/h4-9H,1-3H3. The summed E-state index contributed by atoms with van der Waals surface area (Å²) in [6.45, 7) is 6.17. The molecule has 0 radical (unpaired) electrons. The number of hydrogen-bond donors (Lipinski definition) is 0. The van der Waals surface area contributed by atoms with E-state index in [0.29, 0.717) is 17.6 Å². The van der Waals surface area contributed by atoms with Gasteiger partial charge in [0.05, 0.1) is 0 Å². The Morgan fingerprint density at radius 3 is 2.33 bits per heavy atom. The van der Waals surface area contributed by atoms with E-state index in [1.54, 1.807) is 6.07 Å². The average Bonchev–Trinajstić information content (AvgIpc) is 2.28. The van der Waals surface area contributed by atoms with Gasteiger partial charge in [-0.15, -0.1) is 0 Å². The average molecular weight is 307 g/mol. The van der Waals surface area contributed by atoms with Gasteiger partial charge in [0, 0.05) is 6.07 Å². The second kappa shape index (κ2) is 5.48. The van der Waals surface area contributed by atoms with Gasteiger partial charge in [-0.05, 0) is 46.5 Å². The summed E-state index contributed by atoms with van der Waals surface area (Å²) in [5, 5.41) is 0. The third kappa shape index (κ3) is 3.29. The van der Waals surface area contributed by atoms with Crippen LogP contribution in [0.1, 0.15) is 31.2 Å². The van der Waals surface area contributed by atoms with E-state index in [-0.39, 0.29) is 0 Å². The smallest absolute Gasteiger partial charge is 0.223 e. The van der Waals surface area contributed by atoms with E-state index >= 15 is 0 Å². The van der Waals surface area contributed by atoms with Crippen LogP contribution >= 0.6 is 15.9 Å². The lowest BCUT2D eigenvalue weighted by atomic mass is 10.0. The lowest BCUT2D eigenvalue weighted by Gasteiger charge is -2.08. The van der Waals surface area contributed by atoms with Crippen LogP contribution in [0.4, 0.5) is 0 Å². The van der Waals surface area contributed by atoms with E-state index in [9.17, 15) is 0 Å². The van der Waals surface area contributed by atoms with Crippen LogP contribution in [0.25, 0.3) is 0 Å². The molecule has 0 saturated heterocycles. The molecular formula is C14H15BrN2O. The van der Waals surface area contributed by atoms with E-state index in [1.807, 2.05) is 19.1 Å². The first-order valence-electron chi connectivity index (χ1n) is 5.83. The molecule has 0 N–H and O–H groups in total. The Kier molecular flexibility index (Phi) is 3.97. The topological polar surface area (TPSA) is 35.0 Å². The Morgan fingerprint density at radius 2 is 1.78 bits per heavy atom. The number of halogens is 1. The van der Waals surface area contributed by atoms with Crippen LogP contribution in [-0.4, -0.2) is 9.97 Å². The first kappa shape index (κ1) is 13.0. The third-order valence-corrected chi connectivity index (χ3v) is 2.96. The predicted molar refractivity (Wildman–Crippen MR) is 75.1 cm³/mol. The van der Waals surface area contributed by atoms with Crippen LogP contribution < -0.4 is 4.74 Å². The molecule has 0 unspecified atom stereocenters. The molecule has 0 aliphatic rings. The zero-order valence-corrected chi connectivity index (χ0v) is 12.2. The zero-order chi connectivity index (χ0) is 13.1. The maximum absolute atomic E-state index is 5.69. The molecule has 0 atom stereocenters. The molecule has 1 aromatic carbocycles. The minimum atomic E-state index is 0.523. The van der Waals surface area contributed by atoms with Gasteiger partial charge in [-0.2, -0.15) is 4.98 Å². The van der Waals surface area contributed by atoms with Gasteiger partial charge in [0.25, 0.3) is 0 Å². The minimum absolute atomic E-state index is 0.523. The highest BCUT2D eigenvalue weighted by molar-refractivity contribution is 9.10. The minimum Gasteiger partial charge on any atom is -0.439 e. The zero-order valence-electron chi connectivity index (χ0n) is 10.6. The lowest BCUT2D eigenvalue weighted by molar-refractivity contribution is 0.459. The summed E-state index contributed by atoms with van der Waals surface area (Å²) in [4.78, 5) is 8.36. The molecule has 1 aromatic heterocycles. The highest BCUT2D eigenvalue weighted by atomic mass is 79.9. The third-order valence-electron chi connectivity index (χ3n) is 2.55. The van der Waals surface area contributed by atoms with Crippen LogP contribution in [-0.2, 0) is 0 Å². The summed E-state index contributed by atoms with van der Waals surface area (Å²) < 4.78 is 6.42. The van der Waals surface area contributed by atoms with Gasteiger partial charge in [0.1, 0.15) is 16.2 Å². The largest absolute Gasteiger partial charge is 0.439 e. The fourth-order valence-corrected chi connectivity index (χ4v) is 2.05. The van der Waals surface area contributed by atoms with Crippen molar-refractivity contribution < 1.29 is 4.74 Å². The number of rotatable bonds is 3. The van der Waals surface area contributed by atoms with Crippen molar-refractivity contribution in [1.29, 1.82) is 0 Å². The van der Waals surface area contributed by atoms with E-state index in [0.717, 1.165) is 10.4 Å². The molecule has 0 saturated carbocycles. The van der Waals surface area contributed by atoms with Gasteiger partial charge in [-0.3, -0.25) is 0 Å². The van der Waals surface area contributed by atoms with Gasteiger partial charge < -0.3 is 4.74 Å². The Bertz CT molecular complexity index is 518. The Hall–Kier alpha value is -1.42. The monoisotopic (exact) mass is 306 g/mol. The quantitative estimate of drug-likeness (QED) is 0.785. The highest BCUT2D eigenvalue weighted by Crippen LogP contribution is 2.24. The van der Waals surface area contributed by atoms with Gasteiger partial charge in [0.2, 0.25) is 5.88 Å². The summed E-state index contributed by atoms with van der Waals surface area (Å²) in [7, 11) is 0. The maximum atomic E-state index is 5.69. The fourth-order valence-electron chi connectivity index (χ4n) is 1.60. The first-order valence-corrected chi connectivity index (χ1v) is 6.63. The molecule has 0 fully saturated rings. The predicted octanol–water partition coefficient (Wildman–Crippen LogP) is 4.46. The van der Waals surface area contributed by atoms with Crippen molar-refractivity contribution in [1.82, 2.24) is 9.97 Å². The van der Waals surface area contributed by atoms with Gasteiger partial charge >= 0.3 is 0 Å². The molecule has 2 rings (SSSR count). The Morgan fingerprint density at radius 1 is 1.11 bits per heavy atom. The van der Waals surface area contributed by atoms with Crippen molar-refractivity contribution in [3.8, 4) is 11.6 Å². The van der Waals surface area contributed by atoms with E-state index in [2.05, 4.69) is 51.9 Å². The number of ether oxygens (including phenoxy) is 1. The molecule has 0 amide bonds. The van der Waals surface area contributed by atoms with Crippen LogP contribution in [0, 0.1) is 6.92 Å². The van der Waals surface area contributed by atoms with Crippen molar-refractivity contribution in [2.45, 2.75) is 26.7 Å². The Labute approximate surface area is 115 Å². The van der Waals surface area contributed by atoms with Crippen molar-refractivity contribution in [3.63, 3.8) is 0 Å². The molecule has 0 aliphatic carbocycles. The molecule has 2 aromatic rings. The molecule has 18 heavy (non-hydrogen) atoms. The summed E-state index contributed by atoms with van der Waals surface area (Å²) >= 11 is 3.33. The Balaban J connectivity index is 2.18. The molecule has 0 bridgehead atoms. The summed E-state index contributed by atoms with van der Waals surface area (Å²) in [6.07, 6.45) is 0. The number of nitrogens with zero attached hydrogens (tertiary/aromatic N) is 2. The second-order valence-corrected chi connectivity index (χ2v) is 5.21. The van der Waals surface area contributed by atoms with Crippen LogP contribution in [0.15, 0.2) is 34.9 Å².